The molecular formula is C9H23NS2. The Kier molecular flexibility index (Phi) is 22.3. The quantitative estimate of drug-likeness (QED) is 0.533. The standard InChI is InChI=1S/C5H13N.C4H10S2/c1-3-5-6-4-2;1-3-6-4-5-2/h6H,3-5H2,1-2H3;3-4H2,1-2H3. The maximum absolute atomic E-state index is 3.20. The fourth-order valence-electron chi connectivity index (χ4n) is 0.520. The van der Waals surface area contributed by atoms with Gasteiger partial charge in [0.05, 0.1) is 0 Å². The zero-order chi connectivity index (χ0) is 9.66. The molecule has 76 valence electrons. The van der Waals surface area contributed by atoms with Gasteiger partial charge >= 0.3 is 0 Å². The van der Waals surface area contributed by atoms with E-state index in [1.54, 1.807) is 0 Å². The molecule has 0 atom stereocenters. The largest absolute Gasteiger partial charge is 0.317 e. The summed E-state index contributed by atoms with van der Waals surface area (Å²) in [5.41, 5.74) is 0. The Labute approximate surface area is 86.5 Å². The minimum atomic E-state index is 1.10. The van der Waals surface area contributed by atoms with Crippen LogP contribution in [0.4, 0.5) is 0 Å². The highest BCUT2D eigenvalue weighted by molar-refractivity contribution is 8.15. The second kappa shape index (κ2) is 17.7. The SMILES string of the molecule is CCCNCC.CCSCSC. The zero-order valence-electron chi connectivity index (χ0n) is 8.85. The summed E-state index contributed by atoms with van der Waals surface area (Å²) in [6.07, 6.45) is 3.37. The summed E-state index contributed by atoms with van der Waals surface area (Å²) in [6.45, 7) is 8.74. The maximum Gasteiger partial charge on any atom is 0.0389 e. The monoisotopic (exact) mass is 209 g/mol. The highest BCUT2D eigenvalue weighted by Crippen LogP contribution is 2.05. The third kappa shape index (κ3) is 22.4. The van der Waals surface area contributed by atoms with Crippen LogP contribution in [0.15, 0.2) is 0 Å². The van der Waals surface area contributed by atoms with Crippen molar-refractivity contribution in [2.45, 2.75) is 27.2 Å². The van der Waals surface area contributed by atoms with Gasteiger partial charge in [-0.2, -0.15) is 23.5 Å². The smallest absolute Gasteiger partial charge is 0.0389 e. The fourth-order valence-corrected chi connectivity index (χ4v) is 1.85. The third-order valence-electron chi connectivity index (χ3n) is 1.08. The molecule has 0 unspecified atom stereocenters. The molecule has 0 aliphatic rings. The van der Waals surface area contributed by atoms with Gasteiger partial charge in [-0.05, 0) is 31.5 Å². The first kappa shape index (κ1) is 15.1. The summed E-state index contributed by atoms with van der Waals surface area (Å²) < 4.78 is 0. The summed E-state index contributed by atoms with van der Waals surface area (Å²) in [4.78, 5) is 0. The van der Waals surface area contributed by atoms with Crippen LogP contribution in [-0.4, -0.2) is 30.2 Å². The van der Waals surface area contributed by atoms with Crippen molar-refractivity contribution in [2.75, 3.05) is 30.2 Å². The second-order valence-electron chi connectivity index (χ2n) is 2.25. The van der Waals surface area contributed by atoms with Crippen molar-refractivity contribution < 1.29 is 0 Å². The summed E-state index contributed by atoms with van der Waals surface area (Å²) in [5.74, 6) is 1.25. The van der Waals surface area contributed by atoms with Crippen LogP contribution in [0.5, 0.6) is 0 Å². The van der Waals surface area contributed by atoms with E-state index in [9.17, 15) is 0 Å². The van der Waals surface area contributed by atoms with E-state index >= 15 is 0 Å². The molecule has 0 rings (SSSR count). The Morgan fingerprint density at radius 2 is 1.83 bits per heavy atom. The van der Waals surface area contributed by atoms with E-state index in [1.165, 1.54) is 17.3 Å². The van der Waals surface area contributed by atoms with E-state index in [1.807, 2.05) is 23.5 Å². The van der Waals surface area contributed by atoms with Gasteiger partial charge in [-0.1, -0.05) is 20.8 Å². The van der Waals surface area contributed by atoms with Crippen molar-refractivity contribution in [1.82, 2.24) is 5.32 Å². The lowest BCUT2D eigenvalue weighted by Gasteiger charge is -1.91. The van der Waals surface area contributed by atoms with Crippen LogP contribution in [-0.2, 0) is 0 Å². The minimum absolute atomic E-state index is 1.10. The summed E-state index contributed by atoms with van der Waals surface area (Å²) >= 11 is 3.86. The first-order valence-corrected chi connectivity index (χ1v) is 7.15. The average molecular weight is 209 g/mol. The number of nitrogens with one attached hydrogen (secondary N) is 1. The molecule has 0 aromatic rings. The van der Waals surface area contributed by atoms with Crippen LogP contribution >= 0.6 is 23.5 Å². The maximum atomic E-state index is 3.20. The Morgan fingerprint density at radius 3 is 2.00 bits per heavy atom. The van der Waals surface area contributed by atoms with Gasteiger partial charge in [-0.15, -0.1) is 0 Å². The van der Waals surface area contributed by atoms with E-state index in [0.29, 0.717) is 0 Å². The van der Waals surface area contributed by atoms with Crippen LogP contribution in [0.2, 0.25) is 0 Å². The Hall–Kier alpha value is 0.660. The van der Waals surface area contributed by atoms with Gasteiger partial charge in [0.1, 0.15) is 0 Å². The Balaban J connectivity index is 0. The van der Waals surface area contributed by atoms with E-state index in [4.69, 9.17) is 0 Å². The van der Waals surface area contributed by atoms with Crippen LogP contribution in [0.1, 0.15) is 27.2 Å². The molecule has 1 N–H and O–H groups in total. The van der Waals surface area contributed by atoms with Gasteiger partial charge in [0.2, 0.25) is 0 Å². The minimum Gasteiger partial charge on any atom is -0.317 e. The topological polar surface area (TPSA) is 12.0 Å². The molecule has 0 heterocycles. The molecule has 0 amide bonds. The first-order chi connectivity index (χ1) is 5.83. The summed E-state index contributed by atoms with van der Waals surface area (Å²) in [5, 5.41) is 4.44. The van der Waals surface area contributed by atoms with Crippen LogP contribution in [0, 0.1) is 0 Å². The van der Waals surface area contributed by atoms with Crippen LogP contribution in [0.25, 0.3) is 0 Å². The molecule has 0 bridgehead atoms. The molecule has 12 heavy (non-hydrogen) atoms. The van der Waals surface area contributed by atoms with Crippen LogP contribution in [0.3, 0.4) is 0 Å². The van der Waals surface area contributed by atoms with Gasteiger partial charge in [0, 0.05) is 5.08 Å². The van der Waals surface area contributed by atoms with Gasteiger partial charge in [0.15, 0.2) is 0 Å². The molecule has 0 aromatic heterocycles. The molecule has 0 radical (unpaired) electrons. The van der Waals surface area contributed by atoms with Gasteiger partial charge < -0.3 is 5.32 Å². The van der Waals surface area contributed by atoms with Crippen molar-refractivity contribution in [3.8, 4) is 0 Å². The Morgan fingerprint density at radius 1 is 1.17 bits per heavy atom. The number of hydrogen-bond donors (Lipinski definition) is 1. The molecular weight excluding hydrogens is 186 g/mol. The lowest BCUT2D eigenvalue weighted by Crippen LogP contribution is -2.12. The van der Waals surface area contributed by atoms with E-state index in [-0.39, 0.29) is 0 Å². The normalized spacial score (nSPS) is 9.00. The fraction of sp³-hybridized carbons (Fsp3) is 1.00. The molecule has 1 nitrogen and oxygen atoms in total. The Bertz CT molecular complexity index is 44.5. The van der Waals surface area contributed by atoms with Crippen LogP contribution < -0.4 is 5.32 Å². The molecule has 0 fully saturated rings. The highest BCUT2D eigenvalue weighted by atomic mass is 32.2. The predicted molar refractivity (Wildman–Crippen MR) is 65.3 cm³/mol. The summed E-state index contributed by atoms with van der Waals surface area (Å²) in [7, 11) is 0. The molecule has 0 saturated carbocycles. The van der Waals surface area contributed by atoms with E-state index in [0.717, 1.165) is 13.1 Å². The first-order valence-electron chi connectivity index (χ1n) is 4.60. The number of thioether (sulfide) groups is 2. The van der Waals surface area contributed by atoms with Crippen molar-refractivity contribution in [2.24, 2.45) is 0 Å². The van der Waals surface area contributed by atoms with Crippen molar-refractivity contribution in [3.05, 3.63) is 0 Å². The van der Waals surface area contributed by atoms with Gasteiger partial charge in [-0.25, -0.2) is 0 Å². The second-order valence-corrected chi connectivity index (χ2v) is 4.76. The molecule has 0 aromatic carbocycles. The van der Waals surface area contributed by atoms with Crippen molar-refractivity contribution in [3.63, 3.8) is 0 Å². The predicted octanol–water partition coefficient (Wildman–Crippen LogP) is 3.07. The lowest BCUT2D eigenvalue weighted by atomic mass is 10.5. The number of rotatable bonds is 6. The van der Waals surface area contributed by atoms with E-state index < -0.39 is 0 Å². The average Bonchev–Trinajstić information content (AvgIpc) is 2.12. The molecule has 3 heteroatoms. The van der Waals surface area contributed by atoms with E-state index in [2.05, 4.69) is 32.3 Å². The highest BCUT2D eigenvalue weighted by Gasteiger charge is 1.74. The molecule has 0 aliphatic heterocycles. The van der Waals surface area contributed by atoms with Crippen molar-refractivity contribution in [1.29, 1.82) is 0 Å². The van der Waals surface area contributed by atoms with Gasteiger partial charge in [-0.3, -0.25) is 0 Å². The van der Waals surface area contributed by atoms with Gasteiger partial charge in [0.25, 0.3) is 0 Å². The molecule has 0 saturated heterocycles. The lowest BCUT2D eigenvalue weighted by molar-refractivity contribution is 0.703. The molecule has 0 spiro atoms. The van der Waals surface area contributed by atoms with Crippen molar-refractivity contribution >= 4 is 23.5 Å². The molecule has 0 aliphatic carbocycles. The third-order valence-corrected chi connectivity index (χ3v) is 3.10. The summed E-state index contributed by atoms with van der Waals surface area (Å²) in [6, 6.07) is 0. The number of hydrogen-bond acceptors (Lipinski definition) is 3. The zero-order valence-corrected chi connectivity index (χ0v) is 10.5.